The lowest BCUT2D eigenvalue weighted by Gasteiger charge is -2.34. The van der Waals surface area contributed by atoms with Crippen LogP contribution in [0.3, 0.4) is 0 Å². The second kappa shape index (κ2) is 5.73. The van der Waals surface area contributed by atoms with E-state index in [2.05, 4.69) is 25.6 Å². The van der Waals surface area contributed by atoms with E-state index in [1.807, 2.05) is 20.8 Å². The SMILES string of the molecule is C#[N+]C(CC(C)(C)CC)(C(=O)OCC1CO1)C(C)(C)C. The smallest absolute Gasteiger partial charge is 0.398 e. The number of esters is 1. The number of rotatable bonds is 6. The number of epoxide rings is 1. The van der Waals surface area contributed by atoms with E-state index in [-0.39, 0.29) is 17.5 Å². The first-order chi connectivity index (χ1) is 9.08. The Morgan fingerprint density at radius 1 is 1.35 bits per heavy atom. The third kappa shape index (κ3) is 3.73. The first-order valence-corrected chi connectivity index (χ1v) is 7.29. The Bertz CT molecular complexity index is 399. The van der Waals surface area contributed by atoms with Crippen molar-refractivity contribution in [2.45, 2.75) is 66.0 Å². The summed E-state index contributed by atoms with van der Waals surface area (Å²) in [6.07, 6.45) is 1.56. The van der Waals surface area contributed by atoms with Crippen LogP contribution < -0.4 is 0 Å². The highest BCUT2D eigenvalue weighted by Gasteiger charge is 2.62. The normalized spacial score (nSPS) is 21.8. The van der Waals surface area contributed by atoms with Crippen molar-refractivity contribution in [3.05, 3.63) is 4.85 Å². The topological polar surface area (TPSA) is 43.2 Å². The molecule has 0 aromatic carbocycles. The number of carbonyl (C=O) groups is 1. The molecular weight excluding hydrogens is 254 g/mol. The van der Waals surface area contributed by atoms with Gasteiger partial charge in [0.1, 0.15) is 12.7 Å². The predicted octanol–water partition coefficient (Wildman–Crippen LogP) is 3.50. The van der Waals surface area contributed by atoms with Crippen LogP contribution in [0.15, 0.2) is 0 Å². The zero-order valence-corrected chi connectivity index (χ0v) is 13.7. The van der Waals surface area contributed by atoms with Crippen molar-refractivity contribution in [3.8, 4) is 6.57 Å². The average Bonchev–Trinajstić information content (AvgIpc) is 3.15. The van der Waals surface area contributed by atoms with E-state index in [4.69, 9.17) is 16.0 Å². The molecule has 0 N–H and O–H groups in total. The number of carbonyl (C=O) groups excluding carboxylic acids is 1. The molecule has 1 aliphatic heterocycles. The molecule has 2 atom stereocenters. The molecule has 1 saturated heterocycles. The molecule has 114 valence electrons. The molecule has 2 unspecified atom stereocenters. The molecular formula is C16H28NO3+. The monoisotopic (exact) mass is 282 g/mol. The Morgan fingerprint density at radius 2 is 1.90 bits per heavy atom. The number of ether oxygens (including phenoxy) is 2. The Morgan fingerprint density at radius 3 is 2.25 bits per heavy atom. The molecule has 0 aliphatic carbocycles. The molecule has 0 bridgehead atoms. The molecule has 1 heterocycles. The highest BCUT2D eigenvalue weighted by Crippen LogP contribution is 2.45. The lowest BCUT2D eigenvalue weighted by atomic mass is 9.65. The summed E-state index contributed by atoms with van der Waals surface area (Å²) in [5.41, 5.74) is -1.47. The van der Waals surface area contributed by atoms with Gasteiger partial charge in [-0.05, 0) is 5.41 Å². The lowest BCUT2D eigenvalue weighted by Crippen LogP contribution is -2.51. The van der Waals surface area contributed by atoms with Gasteiger partial charge in [-0.25, -0.2) is 4.79 Å². The maximum absolute atomic E-state index is 12.6. The van der Waals surface area contributed by atoms with E-state index in [1.54, 1.807) is 0 Å². The number of hydrogen-bond donors (Lipinski definition) is 0. The minimum atomic E-state index is -1.03. The fourth-order valence-corrected chi connectivity index (χ4v) is 2.21. The van der Waals surface area contributed by atoms with E-state index in [9.17, 15) is 4.79 Å². The molecule has 20 heavy (non-hydrogen) atoms. The lowest BCUT2D eigenvalue weighted by molar-refractivity contribution is -0.154. The molecule has 0 radical (unpaired) electrons. The number of nitrogens with zero attached hydrogens (tertiary/aromatic N) is 1. The van der Waals surface area contributed by atoms with Crippen molar-refractivity contribution in [2.75, 3.05) is 13.2 Å². The molecule has 1 fully saturated rings. The van der Waals surface area contributed by atoms with Gasteiger partial charge in [0.2, 0.25) is 0 Å². The molecule has 1 rings (SSSR count). The summed E-state index contributed by atoms with van der Waals surface area (Å²) in [6, 6.07) is 0. The maximum Gasteiger partial charge on any atom is 0.398 e. The summed E-state index contributed by atoms with van der Waals surface area (Å²) in [5, 5.41) is 0. The first kappa shape index (κ1) is 17.0. The predicted molar refractivity (Wildman–Crippen MR) is 79.9 cm³/mol. The number of hydrogen-bond acceptors (Lipinski definition) is 3. The summed E-state index contributed by atoms with van der Waals surface area (Å²) >= 11 is 0. The van der Waals surface area contributed by atoms with Gasteiger partial charge in [0.25, 0.3) is 6.57 Å². The standard InChI is InChI=1S/C16H28NO3/c1-8-15(5,6)11-16(17-7,14(2,3)4)13(18)20-10-12-9-19-12/h7,12H,8-11H2,1-6H3/q+1. The Hall–Kier alpha value is -1.08. The molecule has 4 heteroatoms. The van der Waals surface area contributed by atoms with Gasteiger partial charge in [0.05, 0.1) is 12.0 Å². The molecule has 0 saturated carbocycles. The van der Waals surface area contributed by atoms with Crippen molar-refractivity contribution in [2.24, 2.45) is 10.8 Å². The zero-order valence-electron chi connectivity index (χ0n) is 13.7. The summed E-state index contributed by atoms with van der Waals surface area (Å²) in [6.45, 7) is 18.9. The Labute approximate surface area is 122 Å². The summed E-state index contributed by atoms with van der Waals surface area (Å²) in [4.78, 5) is 16.6. The van der Waals surface area contributed by atoms with Crippen molar-refractivity contribution >= 4 is 5.97 Å². The van der Waals surface area contributed by atoms with Gasteiger partial charge in [0.15, 0.2) is 0 Å². The second-order valence-corrected chi connectivity index (χ2v) is 7.49. The summed E-state index contributed by atoms with van der Waals surface area (Å²) in [5.74, 6) is -0.343. The maximum atomic E-state index is 12.6. The van der Waals surface area contributed by atoms with E-state index in [0.717, 1.165) is 6.42 Å². The third-order valence-electron chi connectivity index (χ3n) is 4.29. The van der Waals surface area contributed by atoms with Crippen molar-refractivity contribution in [1.29, 1.82) is 0 Å². The zero-order chi connectivity index (χ0) is 15.6. The van der Waals surface area contributed by atoms with E-state index in [1.165, 1.54) is 0 Å². The van der Waals surface area contributed by atoms with E-state index >= 15 is 0 Å². The quantitative estimate of drug-likeness (QED) is 0.553. The summed E-state index contributed by atoms with van der Waals surface area (Å²) < 4.78 is 10.5. The highest BCUT2D eigenvalue weighted by atomic mass is 16.6. The van der Waals surface area contributed by atoms with Gasteiger partial charge in [-0.2, -0.15) is 0 Å². The van der Waals surface area contributed by atoms with Gasteiger partial charge >= 0.3 is 11.5 Å². The van der Waals surface area contributed by atoms with Crippen LogP contribution >= 0.6 is 0 Å². The van der Waals surface area contributed by atoms with E-state index in [0.29, 0.717) is 19.6 Å². The minimum Gasteiger partial charge on any atom is -0.457 e. The van der Waals surface area contributed by atoms with Crippen molar-refractivity contribution in [1.82, 2.24) is 0 Å². The van der Waals surface area contributed by atoms with Crippen LogP contribution in [-0.2, 0) is 14.3 Å². The van der Waals surface area contributed by atoms with Crippen LogP contribution in [0.1, 0.15) is 54.4 Å². The van der Waals surface area contributed by atoms with Gasteiger partial charge in [-0.3, -0.25) is 0 Å². The Balaban J connectivity index is 2.98. The minimum absolute atomic E-state index is 0.0365. The van der Waals surface area contributed by atoms with Gasteiger partial charge in [0, 0.05) is 6.42 Å². The van der Waals surface area contributed by atoms with Crippen LogP contribution in [-0.4, -0.2) is 30.8 Å². The van der Waals surface area contributed by atoms with Crippen LogP contribution in [0.4, 0.5) is 0 Å². The van der Waals surface area contributed by atoms with Gasteiger partial charge in [-0.1, -0.05) is 52.8 Å². The molecule has 0 aromatic heterocycles. The molecule has 1 aliphatic rings. The molecule has 0 aromatic rings. The van der Waals surface area contributed by atoms with Gasteiger partial charge in [-0.15, -0.1) is 0 Å². The van der Waals surface area contributed by atoms with E-state index < -0.39 is 11.0 Å². The fraction of sp³-hybridized carbons (Fsp3) is 0.875. The van der Waals surface area contributed by atoms with Crippen LogP contribution in [0.25, 0.3) is 4.85 Å². The largest absolute Gasteiger partial charge is 0.457 e. The summed E-state index contributed by atoms with van der Waals surface area (Å²) in [7, 11) is 0. The molecule has 0 spiro atoms. The van der Waals surface area contributed by atoms with Crippen LogP contribution in [0, 0.1) is 17.4 Å². The van der Waals surface area contributed by atoms with Crippen molar-refractivity contribution in [3.63, 3.8) is 0 Å². The highest BCUT2D eigenvalue weighted by molar-refractivity contribution is 5.84. The average molecular weight is 282 g/mol. The third-order valence-corrected chi connectivity index (χ3v) is 4.29. The van der Waals surface area contributed by atoms with Crippen LogP contribution in [0.5, 0.6) is 0 Å². The Kier molecular flexibility index (Phi) is 4.86. The second-order valence-electron chi connectivity index (χ2n) is 7.49. The van der Waals surface area contributed by atoms with Crippen LogP contribution in [0.2, 0.25) is 0 Å². The van der Waals surface area contributed by atoms with Gasteiger partial charge < -0.3 is 9.47 Å². The fourth-order valence-electron chi connectivity index (χ4n) is 2.21. The molecule has 4 nitrogen and oxygen atoms in total. The first-order valence-electron chi connectivity index (χ1n) is 7.29. The molecule has 0 amide bonds. The van der Waals surface area contributed by atoms with Crippen molar-refractivity contribution < 1.29 is 14.3 Å².